The molecule has 0 saturated carbocycles. The summed E-state index contributed by atoms with van der Waals surface area (Å²) >= 11 is 1.00. The molecule has 4 heteroatoms. The largest absolute Gasteiger partial charge is 0.306 e. The zero-order valence-electron chi connectivity index (χ0n) is 11.5. The molecular formula is C15H18N2OS. The molecule has 1 atom stereocenters. The number of rotatable bonds is 2. The van der Waals surface area contributed by atoms with E-state index >= 15 is 0 Å². The highest BCUT2D eigenvalue weighted by molar-refractivity contribution is 8.04. The minimum Gasteiger partial charge on any atom is -0.306 e. The van der Waals surface area contributed by atoms with Crippen LogP contribution in [-0.4, -0.2) is 17.2 Å². The van der Waals surface area contributed by atoms with Crippen LogP contribution in [0.3, 0.4) is 0 Å². The molecule has 19 heavy (non-hydrogen) atoms. The normalized spacial score (nSPS) is 20.5. The van der Waals surface area contributed by atoms with E-state index < -0.39 is 0 Å². The van der Waals surface area contributed by atoms with E-state index in [-0.39, 0.29) is 17.2 Å². The smallest absolute Gasteiger partial charge is 0.238 e. The predicted molar refractivity (Wildman–Crippen MR) is 79.1 cm³/mol. The van der Waals surface area contributed by atoms with Gasteiger partial charge in [-0.05, 0) is 49.6 Å². The number of fused-ring (bicyclic) bond motifs is 1. The van der Waals surface area contributed by atoms with Crippen molar-refractivity contribution in [3.8, 4) is 5.40 Å². The number of amides is 1. The van der Waals surface area contributed by atoms with Crippen molar-refractivity contribution in [2.45, 2.75) is 38.6 Å². The van der Waals surface area contributed by atoms with Crippen molar-refractivity contribution in [1.29, 1.82) is 5.26 Å². The van der Waals surface area contributed by atoms with E-state index in [0.717, 1.165) is 23.9 Å². The molecule has 1 heterocycles. The van der Waals surface area contributed by atoms with Gasteiger partial charge in [-0.1, -0.05) is 25.1 Å². The zero-order chi connectivity index (χ0) is 14.0. The molecule has 0 radical (unpaired) electrons. The summed E-state index contributed by atoms with van der Waals surface area (Å²) in [5.41, 5.74) is 2.01. The molecule has 1 aliphatic rings. The van der Waals surface area contributed by atoms with E-state index in [1.54, 1.807) is 0 Å². The molecule has 0 bridgehead atoms. The van der Waals surface area contributed by atoms with Crippen molar-refractivity contribution in [1.82, 2.24) is 0 Å². The van der Waals surface area contributed by atoms with Gasteiger partial charge in [0, 0.05) is 11.2 Å². The average molecular weight is 274 g/mol. The van der Waals surface area contributed by atoms with Crippen molar-refractivity contribution < 1.29 is 4.79 Å². The Morgan fingerprint density at radius 3 is 2.89 bits per heavy atom. The van der Waals surface area contributed by atoms with Crippen LogP contribution in [0.2, 0.25) is 0 Å². The molecule has 1 aromatic rings. The van der Waals surface area contributed by atoms with Crippen molar-refractivity contribution in [2.24, 2.45) is 0 Å². The van der Waals surface area contributed by atoms with Crippen LogP contribution in [0, 0.1) is 10.7 Å². The van der Waals surface area contributed by atoms with Crippen molar-refractivity contribution in [3.63, 3.8) is 0 Å². The topological polar surface area (TPSA) is 44.1 Å². The summed E-state index contributed by atoms with van der Waals surface area (Å²) in [5, 5.41) is 10.6. The van der Waals surface area contributed by atoms with Crippen LogP contribution in [0.15, 0.2) is 24.3 Å². The number of benzene rings is 1. The number of nitrogens with zero attached hydrogens (tertiary/aromatic N) is 2. The first-order chi connectivity index (χ1) is 8.97. The Labute approximate surface area is 118 Å². The van der Waals surface area contributed by atoms with Crippen LogP contribution in [0.4, 0.5) is 5.69 Å². The lowest BCUT2D eigenvalue weighted by molar-refractivity contribution is -0.117. The maximum atomic E-state index is 12.4. The van der Waals surface area contributed by atoms with Gasteiger partial charge in [0.2, 0.25) is 5.91 Å². The van der Waals surface area contributed by atoms with E-state index in [2.05, 4.69) is 26.8 Å². The molecule has 3 nitrogen and oxygen atoms in total. The quantitative estimate of drug-likeness (QED) is 0.775. The van der Waals surface area contributed by atoms with Crippen molar-refractivity contribution in [3.05, 3.63) is 29.8 Å². The number of nitriles is 1. The van der Waals surface area contributed by atoms with E-state index in [0.29, 0.717) is 5.92 Å². The molecule has 1 amide bonds. The second-order valence-corrected chi connectivity index (χ2v) is 6.35. The Balaban J connectivity index is 2.42. The summed E-state index contributed by atoms with van der Waals surface area (Å²) in [4.78, 5) is 14.3. The van der Waals surface area contributed by atoms with Crippen LogP contribution in [0.5, 0.6) is 0 Å². The second kappa shape index (κ2) is 5.26. The molecule has 0 saturated heterocycles. The molecule has 1 aromatic carbocycles. The van der Waals surface area contributed by atoms with Gasteiger partial charge < -0.3 is 4.90 Å². The van der Waals surface area contributed by atoms with Crippen LogP contribution >= 0.6 is 11.8 Å². The Morgan fingerprint density at radius 2 is 2.21 bits per heavy atom. The number of para-hydroxylation sites is 1. The molecule has 0 unspecified atom stereocenters. The van der Waals surface area contributed by atoms with E-state index in [4.69, 9.17) is 5.26 Å². The summed E-state index contributed by atoms with van der Waals surface area (Å²) in [6.45, 7) is 6.38. The number of hydrogen-bond acceptors (Lipinski definition) is 3. The maximum absolute atomic E-state index is 12.4. The van der Waals surface area contributed by atoms with Gasteiger partial charge in [-0.25, -0.2) is 0 Å². The zero-order valence-corrected chi connectivity index (χ0v) is 12.3. The summed E-state index contributed by atoms with van der Waals surface area (Å²) in [6, 6.07) is 8.07. The van der Waals surface area contributed by atoms with Crippen LogP contribution in [0.25, 0.3) is 0 Å². The lowest BCUT2D eigenvalue weighted by Crippen LogP contribution is -2.52. The fraction of sp³-hybridized carbons (Fsp3) is 0.467. The molecule has 0 fully saturated rings. The van der Waals surface area contributed by atoms with Gasteiger partial charge in [0.25, 0.3) is 0 Å². The number of carbonyl (C=O) groups excluding carboxylic acids is 1. The third-order valence-corrected chi connectivity index (χ3v) is 4.15. The average Bonchev–Trinajstić information content (AvgIpc) is 2.35. The van der Waals surface area contributed by atoms with Gasteiger partial charge >= 0.3 is 0 Å². The Kier molecular flexibility index (Phi) is 3.86. The summed E-state index contributed by atoms with van der Waals surface area (Å²) in [7, 11) is 0. The van der Waals surface area contributed by atoms with Gasteiger partial charge in [0.1, 0.15) is 5.40 Å². The first-order valence-electron chi connectivity index (χ1n) is 6.40. The Morgan fingerprint density at radius 1 is 1.53 bits per heavy atom. The number of anilines is 1. The monoisotopic (exact) mass is 274 g/mol. The highest BCUT2D eigenvalue weighted by atomic mass is 32.2. The molecular weight excluding hydrogens is 256 g/mol. The maximum Gasteiger partial charge on any atom is 0.238 e. The van der Waals surface area contributed by atoms with Crippen LogP contribution < -0.4 is 4.90 Å². The minimum absolute atomic E-state index is 0.0101. The number of thioether (sulfide) groups is 1. The van der Waals surface area contributed by atoms with E-state index in [9.17, 15) is 4.79 Å². The van der Waals surface area contributed by atoms with Crippen molar-refractivity contribution >= 4 is 23.4 Å². The molecule has 2 rings (SSSR count). The van der Waals surface area contributed by atoms with E-state index in [1.165, 1.54) is 5.56 Å². The van der Waals surface area contributed by atoms with Gasteiger partial charge in [-0.15, -0.1) is 0 Å². The van der Waals surface area contributed by atoms with Gasteiger partial charge in [-0.3, -0.25) is 4.79 Å². The molecule has 100 valence electrons. The third-order valence-electron chi connectivity index (χ3n) is 3.63. The molecule has 0 aliphatic carbocycles. The molecule has 1 aliphatic heterocycles. The number of hydrogen-bond donors (Lipinski definition) is 0. The first kappa shape index (κ1) is 14.0. The first-order valence-corrected chi connectivity index (χ1v) is 7.39. The lowest BCUT2D eigenvalue weighted by atomic mass is 9.80. The second-order valence-electron chi connectivity index (χ2n) is 5.59. The highest BCUT2D eigenvalue weighted by Crippen LogP contribution is 2.43. The van der Waals surface area contributed by atoms with Gasteiger partial charge in [-0.2, -0.15) is 5.26 Å². The van der Waals surface area contributed by atoms with Crippen LogP contribution in [0.1, 0.15) is 38.7 Å². The molecule has 0 aromatic heterocycles. The number of thiocyanates is 1. The fourth-order valence-corrected chi connectivity index (χ4v) is 3.33. The van der Waals surface area contributed by atoms with Gasteiger partial charge in [0.05, 0.1) is 5.75 Å². The summed E-state index contributed by atoms with van der Waals surface area (Å²) in [6.07, 6.45) is 0.937. The van der Waals surface area contributed by atoms with Crippen LogP contribution in [-0.2, 0) is 4.79 Å². The minimum atomic E-state index is -0.207. The van der Waals surface area contributed by atoms with Gasteiger partial charge in [0.15, 0.2) is 0 Å². The summed E-state index contributed by atoms with van der Waals surface area (Å²) < 4.78 is 0. The predicted octanol–water partition coefficient (Wildman–Crippen LogP) is 3.52. The van der Waals surface area contributed by atoms with E-state index in [1.807, 2.05) is 28.5 Å². The highest BCUT2D eigenvalue weighted by Gasteiger charge is 2.39. The number of carbonyl (C=O) groups is 1. The fourth-order valence-electron chi connectivity index (χ4n) is 3.01. The third kappa shape index (κ3) is 2.62. The molecule has 0 spiro atoms. The Hall–Kier alpha value is -1.47. The molecule has 0 N–H and O–H groups in total. The van der Waals surface area contributed by atoms with Crippen molar-refractivity contribution in [2.75, 3.05) is 10.7 Å². The summed E-state index contributed by atoms with van der Waals surface area (Å²) in [5.74, 6) is 0.664. The SMILES string of the molecule is C[C@H]1CC(C)(C)N(C(=O)CSC#N)c2ccccc21. The standard InChI is InChI=1S/C15H18N2OS/c1-11-8-15(2,3)17(14(18)9-19-10-16)13-7-5-4-6-12(11)13/h4-7,11H,8-9H2,1-3H3/t11-/m0/s1. The lowest BCUT2D eigenvalue weighted by Gasteiger charge is -2.45. The Bertz CT molecular complexity index is 533.